The minimum absolute atomic E-state index is 0.0874. The Bertz CT molecular complexity index is 733. The van der Waals surface area contributed by atoms with Crippen molar-refractivity contribution >= 4 is 23.4 Å². The molecule has 2 rings (SSSR count). The second kappa shape index (κ2) is 5.92. The fourth-order valence-corrected chi connectivity index (χ4v) is 2.80. The number of rotatable bonds is 4. The van der Waals surface area contributed by atoms with Crippen LogP contribution in [0.3, 0.4) is 0 Å². The summed E-state index contributed by atoms with van der Waals surface area (Å²) in [5.74, 6) is -2.59. The number of hydrogen-bond acceptors (Lipinski definition) is 4. The van der Waals surface area contributed by atoms with Crippen LogP contribution < -0.4 is 0 Å². The fraction of sp³-hybridized carbons (Fsp3) is 0.0714. The lowest BCUT2D eigenvalue weighted by Gasteiger charge is -2.06. The van der Waals surface area contributed by atoms with Gasteiger partial charge in [0.15, 0.2) is 0 Å². The average molecular weight is 307 g/mol. The van der Waals surface area contributed by atoms with E-state index in [1.165, 1.54) is 0 Å². The zero-order valence-electron chi connectivity index (χ0n) is 10.9. The zero-order chi connectivity index (χ0) is 15.6. The first kappa shape index (κ1) is 15.0. The van der Waals surface area contributed by atoms with Crippen molar-refractivity contribution in [1.29, 1.82) is 0 Å². The lowest BCUT2D eigenvalue weighted by atomic mass is 10.2. The number of hydrogen-bond donors (Lipinski definition) is 1. The maximum atomic E-state index is 13.5. The van der Waals surface area contributed by atoms with Crippen molar-refractivity contribution in [1.82, 2.24) is 0 Å². The summed E-state index contributed by atoms with van der Waals surface area (Å²) in [7, 11) is 0. The van der Waals surface area contributed by atoms with E-state index in [9.17, 15) is 19.3 Å². The molecule has 0 aliphatic carbocycles. The van der Waals surface area contributed by atoms with Gasteiger partial charge in [-0.05, 0) is 25.1 Å². The van der Waals surface area contributed by atoms with Crippen molar-refractivity contribution < 1.29 is 19.2 Å². The highest BCUT2D eigenvalue weighted by Crippen LogP contribution is 2.36. The highest BCUT2D eigenvalue weighted by atomic mass is 32.2. The Kier molecular flexibility index (Phi) is 4.23. The van der Waals surface area contributed by atoms with Crippen LogP contribution in [0.5, 0.6) is 0 Å². The molecule has 0 aromatic heterocycles. The minimum atomic E-state index is -1.46. The summed E-state index contributed by atoms with van der Waals surface area (Å²) < 4.78 is 13.5. The molecule has 5 nitrogen and oxygen atoms in total. The van der Waals surface area contributed by atoms with Gasteiger partial charge in [-0.15, -0.1) is 0 Å². The minimum Gasteiger partial charge on any atom is -0.478 e. The third-order valence-electron chi connectivity index (χ3n) is 2.69. The van der Waals surface area contributed by atoms with E-state index in [1.807, 2.05) is 13.0 Å². The second-order valence-corrected chi connectivity index (χ2v) is 5.40. The van der Waals surface area contributed by atoms with Gasteiger partial charge in [0, 0.05) is 4.90 Å². The lowest BCUT2D eigenvalue weighted by molar-refractivity contribution is -0.387. The predicted octanol–water partition coefficient (Wildman–Crippen LogP) is 3.89. The molecular weight excluding hydrogens is 297 g/mol. The van der Waals surface area contributed by atoms with Gasteiger partial charge in [-0.1, -0.05) is 29.5 Å². The Morgan fingerprint density at radius 1 is 1.33 bits per heavy atom. The van der Waals surface area contributed by atoms with Crippen molar-refractivity contribution in [2.24, 2.45) is 0 Å². The molecule has 1 N–H and O–H groups in total. The maximum Gasteiger partial charge on any atom is 0.338 e. The smallest absolute Gasteiger partial charge is 0.338 e. The van der Waals surface area contributed by atoms with Crippen LogP contribution in [0.25, 0.3) is 0 Å². The molecule has 0 spiro atoms. The van der Waals surface area contributed by atoms with Crippen LogP contribution >= 0.6 is 11.8 Å². The van der Waals surface area contributed by atoms with Gasteiger partial charge in [0.1, 0.15) is 5.82 Å². The largest absolute Gasteiger partial charge is 0.478 e. The molecule has 2 aromatic rings. The van der Waals surface area contributed by atoms with Gasteiger partial charge in [-0.2, -0.15) is 0 Å². The van der Waals surface area contributed by atoms with Crippen molar-refractivity contribution in [3.8, 4) is 0 Å². The van der Waals surface area contributed by atoms with E-state index in [1.54, 1.807) is 18.2 Å². The highest BCUT2D eigenvalue weighted by molar-refractivity contribution is 7.99. The molecule has 0 aliphatic rings. The Balaban J connectivity index is 2.52. The van der Waals surface area contributed by atoms with Gasteiger partial charge in [-0.3, -0.25) is 10.1 Å². The summed E-state index contributed by atoms with van der Waals surface area (Å²) in [4.78, 5) is 22.0. The standard InChI is InChI=1S/C14H10FNO4S/c1-8-3-2-4-9(5-8)21-13-6-10(14(17)18)11(15)7-12(13)16(19)20/h2-7H,1H3,(H,17,18). The molecule has 108 valence electrons. The van der Waals surface area contributed by atoms with Gasteiger partial charge in [-0.25, -0.2) is 9.18 Å². The summed E-state index contributed by atoms with van der Waals surface area (Å²) in [6.45, 7) is 1.87. The number of nitro benzene ring substituents is 1. The van der Waals surface area contributed by atoms with E-state index in [-0.39, 0.29) is 4.90 Å². The lowest BCUT2D eigenvalue weighted by Crippen LogP contribution is -2.03. The van der Waals surface area contributed by atoms with Crippen molar-refractivity contribution in [3.63, 3.8) is 0 Å². The maximum absolute atomic E-state index is 13.5. The quantitative estimate of drug-likeness (QED) is 0.684. The number of benzene rings is 2. The fourth-order valence-electron chi connectivity index (χ4n) is 1.74. The molecule has 0 atom stereocenters. The molecule has 0 bridgehead atoms. The van der Waals surface area contributed by atoms with Crippen LogP contribution in [0.2, 0.25) is 0 Å². The molecule has 2 aromatic carbocycles. The summed E-state index contributed by atoms with van der Waals surface area (Å²) in [5.41, 5.74) is -0.0806. The predicted molar refractivity (Wildman–Crippen MR) is 75.3 cm³/mol. The molecule has 0 saturated carbocycles. The number of carboxylic acids is 1. The molecule has 0 unspecified atom stereocenters. The normalized spacial score (nSPS) is 10.4. The number of aryl methyl sites for hydroxylation is 1. The first-order valence-corrected chi connectivity index (χ1v) is 6.66. The molecule has 0 heterocycles. The van der Waals surface area contributed by atoms with E-state index < -0.39 is 28.0 Å². The molecule has 21 heavy (non-hydrogen) atoms. The number of carbonyl (C=O) groups is 1. The third-order valence-corrected chi connectivity index (χ3v) is 3.73. The first-order chi connectivity index (χ1) is 9.88. The molecule has 0 radical (unpaired) electrons. The topological polar surface area (TPSA) is 80.4 Å². The number of carboxylic acid groups (broad SMARTS) is 1. The van der Waals surface area contributed by atoms with Gasteiger partial charge in [0.2, 0.25) is 0 Å². The van der Waals surface area contributed by atoms with Crippen LogP contribution in [0.15, 0.2) is 46.2 Å². The summed E-state index contributed by atoms with van der Waals surface area (Å²) in [6, 6.07) is 8.82. The van der Waals surface area contributed by atoms with Crippen molar-refractivity contribution in [2.45, 2.75) is 16.7 Å². The van der Waals surface area contributed by atoms with Crippen molar-refractivity contribution in [2.75, 3.05) is 0 Å². The summed E-state index contributed by atoms with van der Waals surface area (Å²) >= 11 is 1.03. The van der Waals surface area contributed by atoms with E-state index >= 15 is 0 Å². The van der Waals surface area contributed by atoms with E-state index in [2.05, 4.69) is 0 Å². The molecule has 0 amide bonds. The molecule has 0 aliphatic heterocycles. The van der Waals surface area contributed by atoms with Crippen LogP contribution in [-0.2, 0) is 0 Å². The molecular formula is C14H10FNO4S. The SMILES string of the molecule is Cc1cccc(Sc2cc(C(=O)O)c(F)cc2[N+](=O)[O-])c1. The Morgan fingerprint density at radius 2 is 2.05 bits per heavy atom. The molecule has 7 heteroatoms. The monoisotopic (exact) mass is 307 g/mol. The van der Waals surface area contributed by atoms with E-state index in [4.69, 9.17) is 5.11 Å². The van der Waals surface area contributed by atoms with Gasteiger partial charge < -0.3 is 5.11 Å². The van der Waals surface area contributed by atoms with Crippen LogP contribution in [0.4, 0.5) is 10.1 Å². The Morgan fingerprint density at radius 3 is 2.62 bits per heavy atom. The van der Waals surface area contributed by atoms with Gasteiger partial charge in [0.25, 0.3) is 5.69 Å². The van der Waals surface area contributed by atoms with Gasteiger partial charge in [0.05, 0.1) is 21.4 Å². The number of nitrogens with zero attached hydrogens (tertiary/aromatic N) is 1. The number of halogens is 1. The Hall–Kier alpha value is -2.41. The molecule has 0 fully saturated rings. The second-order valence-electron chi connectivity index (χ2n) is 4.28. The summed E-state index contributed by atoms with van der Waals surface area (Å²) in [5, 5.41) is 19.9. The van der Waals surface area contributed by atoms with Crippen LogP contribution in [-0.4, -0.2) is 16.0 Å². The molecule has 0 saturated heterocycles. The first-order valence-electron chi connectivity index (χ1n) is 5.84. The van der Waals surface area contributed by atoms with Crippen LogP contribution in [0.1, 0.15) is 15.9 Å². The Labute approximate surface area is 123 Å². The van der Waals surface area contributed by atoms with Crippen molar-refractivity contribution in [3.05, 3.63) is 63.5 Å². The average Bonchev–Trinajstić information content (AvgIpc) is 2.39. The van der Waals surface area contributed by atoms with E-state index in [0.717, 1.165) is 23.4 Å². The summed E-state index contributed by atoms with van der Waals surface area (Å²) in [6.07, 6.45) is 0. The van der Waals surface area contributed by atoms with Crippen LogP contribution in [0, 0.1) is 22.9 Å². The highest BCUT2D eigenvalue weighted by Gasteiger charge is 2.22. The number of nitro groups is 1. The number of aromatic carboxylic acids is 1. The third kappa shape index (κ3) is 3.38. The zero-order valence-corrected chi connectivity index (χ0v) is 11.7. The van der Waals surface area contributed by atoms with E-state index in [0.29, 0.717) is 11.0 Å². The van der Waals surface area contributed by atoms with Gasteiger partial charge >= 0.3 is 5.97 Å².